The van der Waals surface area contributed by atoms with E-state index in [1.165, 1.54) is 0 Å². The fourth-order valence-electron chi connectivity index (χ4n) is 2.54. The van der Waals surface area contributed by atoms with E-state index in [2.05, 4.69) is 39.9 Å². The number of hydrogen-bond acceptors (Lipinski definition) is 2. The molecule has 21 heavy (non-hydrogen) atoms. The molecule has 114 valence electrons. The van der Waals surface area contributed by atoms with Crippen molar-refractivity contribution in [2.75, 3.05) is 0 Å². The van der Waals surface area contributed by atoms with Gasteiger partial charge in [0.05, 0.1) is 6.54 Å². The van der Waals surface area contributed by atoms with Gasteiger partial charge in [0.2, 0.25) is 0 Å². The third-order valence-electron chi connectivity index (χ3n) is 3.67. The fraction of sp³-hybridized carbons (Fsp3) is 0.467. The lowest BCUT2D eigenvalue weighted by molar-refractivity contribution is 0.346. The second-order valence-corrected chi connectivity index (χ2v) is 7.63. The summed E-state index contributed by atoms with van der Waals surface area (Å²) in [7, 11) is 0. The zero-order chi connectivity index (χ0) is 15.5. The molecule has 1 aromatic heterocycles. The molecule has 2 rings (SSSR count). The molecule has 0 spiro atoms. The van der Waals surface area contributed by atoms with Crippen molar-refractivity contribution in [3.8, 4) is 0 Å². The molecule has 1 aromatic carbocycles. The van der Waals surface area contributed by atoms with Gasteiger partial charge in [0.25, 0.3) is 0 Å². The second-order valence-electron chi connectivity index (χ2n) is 5.49. The molecular weight excluding hydrogens is 373 g/mol. The highest BCUT2D eigenvalue weighted by molar-refractivity contribution is 9.09. The fourth-order valence-corrected chi connectivity index (χ4v) is 3.89. The molecule has 0 N–H and O–H groups in total. The molecule has 2 aromatic rings. The van der Waals surface area contributed by atoms with Crippen LogP contribution in [0.3, 0.4) is 0 Å². The van der Waals surface area contributed by atoms with Crippen molar-refractivity contribution in [1.82, 2.24) is 14.8 Å². The number of hydrogen-bond donors (Lipinski definition) is 0. The summed E-state index contributed by atoms with van der Waals surface area (Å²) in [6.07, 6.45) is 5.29. The van der Waals surface area contributed by atoms with Gasteiger partial charge in [-0.2, -0.15) is 5.10 Å². The van der Waals surface area contributed by atoms with Gasteiger partial charge in [-0.3, -0.25) is 4.68 Å². The van der Waals surface area contributed by atoms with Gasteiger partial charge in [-0.05, 0) is 30.5 Å². The Hall–Kier alpha value is -0.580. The molecule has 0 bridgehead atoms. The van der Waals surface area contributed by atoms with Crippen molar-refractivity contribution in [2.45, 2.75) is 43.5 Å². The van der Waals surface area contributed by atoms with Gasteiger partial charge in [0.1, 0.15) is 12.7 Å². The lowest BCUT2D eigenvalue weighted by Gasteiger charge is -2.33. The molecule has 2 unspecified atom stereocenters. The Balaban J connectivity index is 2.38. The van der Waals surface area contributed by atoms with Crippen molar-refractivity contribution >= 4 is 39.1 Å². The number of nitrogens with zero attached hydrogens (tertiary/aromatic N) is 3. The highest BCUT2D eigenvalue weighted by Gasteiger charge is 2.32. The third-order valence-corrected chi connectivity index (χ3v) is 5.19. The van der Waals surface area contributed by atoms with Crippen molar-refractivity contribution in [3.05, 3.63) is 46.5 Å². The van der Waals surface area contributed by atoms with Crippen LogP contribution < -0.4 is 0 Å². The molecule has 0 saturated heterocycles. The first-order valence-electron chi connectivity index (χ1n) is 6.86. The van der Waals surface area contributed by atoms with Crippen LogP contribution in [-0.4, -0.2) is 19.6 Å². The highest BCUT2D eigenvalue weighted by Crippen LogP contribution is 2.38. The maximum atomic E-state index is 6.44. The Morgan fingerprint density at radius 2 is 2.14 bits per heavy atom. The lowest BCUT2D eigenvalue weighted by Crippen LogP contribution is -2.32. The van der Waals surface area contributed by atoms with Crippen LogP contribution in [0.15, 0.2) is 30.9 Å². The summed E-state index contributed by atoms with van der Waals surface area (Å²) in [5.74, 6) is 0. The second kappa shape index (κ2) is 7.12. The molecular formula is C15H18BrCl2N3. The molecule has 0 aliphatic heterocycles. The van der Waals surface area contributed by atoms with E-state index >= 15 is 0 Å². The van der Waals surface area contributed by atoms with E-state index in [4.69, 9.17) is 23.2 Å². The van der Waals surface area contributed by atoms with Crippen LogP contribution in [0.4, 0.5) is 0 Å². The summed E-state index contributed by atoms with van der Waals surface area (Å²) in [5, 5.41) is 5.57. The predicted octanol–water partition coefficient (Wildman–Crippen LogP) is 5.11. The summed E-state index contributed by atoms with van der Waals surface area (Å²) >= 11 is 16.2. The standard InChI is InChI=1S/C15H18BrCl2N3/c1-3-11(16)7-15(2,8-21-10-19-9-20-21)13-5-4-12(17)6-14(13)18/h4-6,9-11H,3,7-8H2,1-2H3. The van der Waals surface area contributed by atoms with Gasteiger partial charge in [-0.15, -0.1) is 0 Å². The van der Waals surface area contributed by atoms with Gasteiger partial charge in [-0.1, -0.05) is 59.0 Å². The minimum atomic E-state index is -0.153. The largest absolute Gasteiger partial charge is 0.252 e. The Morgan fingerprint density at radius 3 is 2.71 bits per heavy atom. The SMILES string of the molecule is CCC(Br)CC(C)(Cn1cncn1)c1ccc(Cl)cc1Cl. The first-order chi connectivity index (χ1) is 9.94. The van der Waals surface area contributed by atoms with E-state index in [-0.39, 0.29) is 5.41 Å². The Morgan fingerprint density at radius 1 is 1.38 bits per heavy atom. The monoisotopic (exact) mass is 389 g/mol. The predicted molar refractivity (Wildman–Crippen MR) is 91.5 cm³/mol. The van der Waals surface area contributed by atoms with Crippen molar-refractivity contribution in [1.29, 1.82) is 0 Å². The highest BCUT2D eigenvalue weighted by atomic mass is 79.9. The van der Waals surface area contributed by atoms with Crippen LogP contribution in [0.25, 0.3) is 0 Å². The number of rotatable bonds is 6. The maximum Gasteiger partial charge on any atom is 0.137 e. The van der Waals surface area contributed by atoms with Gasteiger partial charge < -0.3 is 0 Å². The van der Waals surface area contributed by atoms with Crippen LogP contribution in [0.2, 0.25) is 10.0 Å². The van der Waals surface area contributed by atoms with E-state index in [0.717, 1.165) is 24.9 Å². The quantitative estimate of drug-likeness (QED) is 0.641. The first kappa shape index (κ1) is 16.8. The molecule has 1 heterocycles. The van der Waals surface area contributed by atoms with Crippen LogP contribution in [-0.2, 0) is 12.0 Å². The molecule has 0 saturated carbocycles. The Bertz CT molecular complexity index is 589. The van der Waals surface area contributed by atoms with E-state index in [1.54, 1.807) is 18.7 Å². The van der Waals surface area contributed by atoms with Gasteiger partial charge in [0.15, 0.2) is 0 Å². The Labute approximate surface area is 143 Å². The number of benzene rings is 1. The zero-order valence-electron chi connectivity index (χ0n) is 12.1. The number of alkyl halides is 1. The molecule has 0 radical (unpaired) electrons. The normalized spacial score (nSPS) is 15.7. The van der Waals surface area contributed by atoms with E-state index in [0.29, 0.717) is 14.9 Å². The summed E-state index contributed by atoms with van der Waals surface area (Å²) in [5.41, 5.74) is 0.932. The van der Waals surface area contributed by atoms with Gasteiger partial charge >= 0.3 is 0 Å². The summed E-state index contributed by atoms with van der Waals surface area (Å²) in [4.78, 5) is 4.44. The van der Waals surface area contributed by atoms with Crippen molar-refractivity contribution in [2.24, 2.45) is 0 Å². The van der Waals surface area contributed by atoms with E-state index in [1.807, 2.05) is 16.8 Å². The average Bonchev–Trinajstić information content (AvgIpc) is 2.90. The van der Waals surface area contributed by atoms with Crippen LogP contribution in [0.1, 0.15) is 32.3 Å². The molecule has 0 aliphatic rings. The minimum Gasteiger partial charge on any atom is -0.252 e. The molecule has 0 amide bonds. The third kappa shape index (κ3) is 4.21. The Kier molecular flexibility index (Phi) is 5.69. The topological polar surface area (TPSA) is 30.7 Å². The zero-order valence-corrected chi connectivity index (χ0v) is 15.2. The van der Waals surface area contributed by atoms with Crippen LogP contribution in [0.5, 0.6) is 0 Å². The van der Waals surface area contributed by atoms with Crippen molar-refractivity contribution in [3.63, 3.8) is 0 Å². The first-order valence-corrected chi connectivity index (χ1v) is 8.54. The molecule has 0 aliphatic carbocycles. The average molecular weight is 391 g/mol. The van der Waals surface area contributed by atoms with Crippen molar-refractivity contribution < 1.29 is 0 Å². The summed E-state index contributed by atoms with van der Waals surface area (Å²) < 4.78 is 1.85. The van der Waals surface area contributed by atoms with Crippen LogP contribution in [0, 0.1) is 0 Å². The molecule has 0 fully saturated rings. The number of halogens is 3. The molecule has 6 heteroatoms. The summed E-state index contributed by atoms with van der Waals surface area (Å²) in [6, 6.07) is 5.70. The molecule has 3 nitrogen and oxygen atoms in total. The minimum absolute atomic E-state index is 0.153. The lowest BCUT2D eigenvalue weighted by atomic mass is 9.78. The summed E-state index contributed by atoms with van der Waals surface area (Å²) in [6.45, 7) is 5.09. The van der Waals surface area contributed by atoms with Gasteiger partial charge in [0, 0.05) is 20.3 Å². The van der Waals surface area contributed by atoms with Gasteiger partial charge in [-0.25, -0.2) is 4.98 Å². The molecule has 2 atom stereocenters. The van der Waals surface area contributed by atoms with Crippen LogP contribution >= 0.6 is 39.1 Å². The number of aromatic nitrogens is 3. The van der Waals surface area contributed by atoms with E-state index < -0.39 is 0 Å². The maximum absolute atomic E-state index is 6.44. The smallest absolute Gasteiger partial charge is 0.137 e. The van der Waals surface area contributed by atoms with E-state index in [9.17, 15) is 0 Å².